The number of nitriles is 1. The van der Waals surface area contributed by atoms with Gasteiger partial charge in [0.2, 0.25) is 11.8 Å². The lowest BCUT2D eigenvalue weighted by Gasteiger charge is -2.32. The van der Waals surface area contributed by atoms with Crippen molar-refractivity contribution in [2.75, 3.05) is 4.90 Å². The Morgan fingerprint density at radius 1 is 1.09 bits per heavy atom. The van der Waals surface area contributed by atoms with Crippen LogP contribution in [0.2, 0.25) is 0 Å². The zero-order chi connectivity index (χ0) is 24.1. The maximum Gasteiger partial charge on any atom is 0.270 e. The Labute approximate surface area is 192 Å². The normalized spacial score (nSPS) is 25.0. The first-order valence-electron chi connectivity index (χ1n) is 10.3. The maximum absolute atomic E-state index is 13.8. The molecule has 0 N–H and O–H groups in total. The summed E-state index contributed by atoms with van der Waals surface area (Å²) >= 11 is 0. The second-order valence-corrected chi connectivity index (χ2v) is 8.15. The molecule has 4 atom stereocenters. The summed E-state index contributed by atoms with van der Waals surface area (Å²) in [5.74, 6) is -4.58. The number of imide groups is 1. The van der Waals surface area contributed by atoms with E-state index in [4.69, 9.17) is 0 Å². The Morgan fingerprint density at radius 2 is 1.82 bits per heavy atom. The number of carbonyl (C=O) groups is 3. The molecule has 4 unspecified atom stereocenters. The fourth-order valence-corrected chi connectivity index (χ4v) is 4.93. The number of amides is 2. The number of carbonyl (C=O) groups excluding carboxylic acids is 3. The summed E-state index contributed by atoms with van der Waals surface area (Å²) in [6, 6.07) is 10.3. The first kappa shape index (κ1) is 21.2. The quantitative estimate of drug-likeness (QED) is 0.299. The Hall–Kier alpha value is -4.65. The SMILES string of the molecule is N#CC1=CC2C3C(=O)N(c4cccc(F)c4)C(=O)C3C(C(=O)c3cccc([N+](=O)[O-])c3)N2C=C1. The van der Waals surface area contributed by atoms with Crippen LogP contribution in [0.15, 0.2) is 72.5 Å². The summed E-state index contributed by atoms with van der Waals surface area (Å²) in [5, 5.41) is 20.5. The number of hydrogen-bond donors (Lipinski definition) is 0. The van der Waals surface area contributed by atoms with Crippen molar-refractivity contribution >= 4 is 29.0 Å². The predicted molar refractivity (Wildman–Crippen MR) is 116 cm³/mol. The van der Waals surface area contributed by atoms with Gasteiger partial charge in [0.15, 0.2) is 5.78 Å². The van der Waals surface area contributed by atoms with E-state index in [-0.39, 0.29) is 22.5 Å². The highest BCUT2D eigenvalue weighted by atomic mass is 19.1. The number of rotatable bonds is 4. The molecule has 3 heterocycles. The summed E-state index contributed by atoms with van der Waals surface area (Å²) in [5.41, 5.74) is 0.0563. The van der Waals surface area contributed by atoms with E-state index in [2.05, 4.69) is 0 Å². The molecule has 9 nitrogen and oxygen atoms in total. The van der Waals surface area contributed by atoms with Gasteiger partial charge in [0.25, 0.3) is 5.69 Å². The van der Waals surface area contributed by atoms with Crippen molar-refractivity contribution in [2.24, 2.45) is 11.8 Å². The Kier molecular flexibility index (Phi) is 4.83. The average Bonchev–Trinajstić information content (AvgIpc) is 3.30. The van der Waals surface area contributed by atoms with Crippen molar-refractivity contribution in [1.82, 2.24) is 4.90 Å². The smallest absolute Gasteiger partial charge is 0.270 e. The van der Waals surface area contributed by atoms with Crippen LogP contribution in [0, 0.1) is 39.1 Å². The monoisotopic (exact) mass is 458 g/mol. The number of non-ortho nitro benzene ring substituents is 1. The van der Waals surface area contributed by atoms with Crippen LogP contribution in [0.4, 0.5) is 15.8 Å². The van der Waals surface area contributed by atoms with Gasteiger partial charge in [-0.05, 0) is 30.4 Å². The lowest BCUT2D eigenvalue weighted by molar-refractivity contribution is -0.384. The van der Waals surface area contributed by atoms with E-state index in [9.17, 15) is 34.2 Å². The van der Waals surface area contributed by atoms with Crippen LogP contribution in [0.5, 0.6) is 0 Å². The largest absolute Gasteiger partial charge is 0.359 e. The van der Waals surface area contributed by atoms with E-state index in [0.717, 1.165) is 17.0 Å². The third kappa shape index (κ3) is 3.09. The summed E-state index contributed by atoms with van der Waals surface area (Å²) in [4.78, 5) is 53.5. The highest BCUT2D eigenvalue weighted by Crippen LogP contribution is 2.47. The van der Waals surface area contributed by atoms with E-state index in [1.165, 1.54) is 54.8 Å². The zero-order valence-electron chi connectivity index (χ0n) is 17.4. The minimum atomic E-state index is -1.14. The molecule has 2 aromatic carbocycles. The molecule has 0 radical (unpaired) electrons. The molecule has 0 saturated carbocycles. The Morgan fingerprint density at radius 3 is 2.53 bits per heavy atom. The highest BCUT2D eigenvalue weighted by Gasteiger charge is 2.63. The standard InChI is InChI=1S/C24H15FN4O5/c25-15-4-2-5-16(11-15)28-23(31)19-18-9-13(12-26)7-8-27(18)21(20(19)24(28)32)22(30)14-3-1-6-17(10-14)29(33)34/h1-11,18-21H. The molecule has 2 saturated heterocycles. The molecule has 2 amide bonds. The first-order chi connectivity index (χ1) is 16.3. The van der Waals surface area contributed by atoms with Crippen LogP contribution in [-0.4, -0.2) is 39.5 Å². The van der Waals surface area contributed by atoms with Crippen LogP contribution in [0.25, 0.3) is 0 Å². The zero-order valence-corrected chi connectivity index (χ0v) is 17.4. The number of fused-ring (bicyclic) bond motifs is 3. The third-order valence-electron chi connectivity index (χ3n) is 6.35. The van der Waals surface area contributed by atoms with Gasteiger partial charge in [0.1, 0.15) is 11.9 Å². The number of Topliss-reactive ketones (excluding diaryl/α,β-unsaturated/α-hetero) is 1. The molecule has 0 aliphatic carbocycles. The summed E-state index contributed by atoms with van der Waals surface area (Å²) in [6.45, 7) is 0. The number of nitrogens with zero attached hydrogens (tertiary/aromatic N) is 4. The van der Waals surface area contributed by atoms with Crippen molar-refractivity contribution < 1.29 is 23.7 Å². The molecule has 0 aromatic heterocycles. The van der Waals surface area contributed by atoms with Crippen molar-refractivity contribution in [2.45, 2.75) is 12.1 Å². The van der Waals surface area contributed by atoms with Crippen molar-refractivity contribution in [1.29, 1.82) is 5.26 Å². The number of benzene rings is 2. The van der Waals surface area contributed by atoms with Gasteiger partial charge in [-0.3, -0.25) is 24.5 Å². The molecule has 34 heavy (non-hydrogen) atoms. The molecule has 2 aromatic rings. The second kappa shape index (κ2) is 7.74. The summed E-state index contributed by atoms with van der Waals surface area (Å²) in [6.07, 6.45) is 4.50. The number of halogens is 1. The molecule has 2 fully saturated rings. The van der Waals surface area contributed by atoms with Crippen molar-refractivity contribution in [3.05, 3.63) is 94.0 Å². The Bertz CT molecular complexity index is 1380. The molecular formula is C24H15FN4O5. The van der Waals surface area contributed by atoms with Crippen LogP contribution in [0.3, 0.4) is 0 Å². The molecule has 3 aliphatic rings. The van der Waals surface area contributed by atoms with Gasteiger partial charge in [-0.15, -0.1) is 0 Å². The second-order valence-electron chi connectivity index (χ2n) is 8.15. The highest BCUT2D eigenvalue weighted by molar-refractivity contribution is 6.24. The van der Waals surface area contributed by atoms with Crippen LogP contribution >= 0.6 is 0 Å². The van der Waals surface area contributed by atoms with Crippen molar-refractivity contribution in [3.63, 3.8) is 0 Å². The topological polar surface area (TPSA) is 125 Å². The first-order valence-corrected chi connectivity index (χ1v) is 10.3. The van der Waals surface area contributed by atoms with Gasteiger partial charge in [-0.25, -0.2) is 9.29 Å². The van der Waals surface area contributed by atoms with Gasteiger partial charge in [0, 0.05) is 23.9 Å². The number of ketones is 1. The molecule has 0 spiro atoms. The van der Waals surface area contributed by atoms with Gasteiger partial charge < -0.3 is 4.90 Å². The van der Waals surface area contributed by atoms with E-state index in [1.807, 2.05) is 6.07 Å². The molecule has 168 valence electrons. The minimum absolute atomic E-state index is 0.0199. The lowest BCUT2D eigenvalue weighted by Crippen LogP contribution is -2.46. The Balaban J connectivity index is 1.61. The predicted octanol–water partition coefficient (Wildman–Crippen LogP) is 2.75. The summed E-state index contributed by atoms with van der Waals surface area (Å²) < 4.78 is 13.8. The number of hydrogen-bond acceptors (Lipinski definition) is 7. The van der Waals surface area contributed by atoms with Crippen LogP contribution < -0.4 is 4.90 Å². The van der Waals surface area contributed by atoms with Gasteiger partial charge in [0.05, 0.1) is 40.1 Å². The van der Waals surface area contributed by atoms with Crippen LogP contribution in [-0.2, 0) is 9.59 Å². The van der Waals surface area contributed by atoms with E-state index < -0.39 is 52.3 Å². The van der Waals surface area contributed by atoms with E-state index in [1.54, 1.807) is 4.90 Å². The van der Waals surface area contributed by atoms with Gasteiger partial charge in [-0.1, -0.05) is 18.2 Å². The molecule has 10 heteroatoms. The van der Waals surface area contributed by atoms with Crippen LogP contribution in [0.1, 0.15) is 10.4 Å². The third-order valence-corrected chi connectivity index (χ3v) is 6.35. The molecule has 0 bridgehead atoms. The number of nitro benzene ring substituents is 1. The minimum Gasteiger partial charge on any atom is -0.359 e. The maximum atomic E-state index is 13.8. The lowest BCUT2D eigenvalue weighted by atomic mass is 9.86. The average molecular weight is 458 g/mol. The summed E-state index contributed by atoms with van der Waals surface area (Å²) in [7, 11) is 0. The fourth-order valence-electron chi connectivity index (χ4n) is 4.93. The number of allylic oxidation sites excluding steroid dienone is 2. The number of anilines is 1. The van der Waals surface area contributed by atoms with Gasteiger partial charge in [-0.2, -0.15) is 5.26 Å². The molecule has 5 rings (SSSR count). The van der Waals surface area contributed by atoms with E-state index in [0.29, 0.717) is 0 Å². The van der Waals surface area contributed by atoms with E-state index >= 15 is 0 Å². The number of nitro groups is 1. The fraction of sp³-hybridized carbons (Fsp3) is 0.167. The van der Waals surface area contributed by atoms with Crippen molar-refractivity contribution in [3.8, 4) is 6.07 Å². The molecule has 3 aliphatic heterocycles. The molecular weight excluding hydrogens is 443 g/mol. The van der Waals surface area contributed by atoms with Gasteiger partial charge >= 0.3 is 0 Å².